The van der Waals surface area contributed by atoms with Crippen molar-refractivity contribution in [2.45, 2.75) is 12.6 Å². The Hall–Kier alpha value is -0.940. The van der Waals surface area contributed by atoms with Gasteiger partial charge in [-0.15, -0.1) is 0 Å². The first kappa shape index (κ1) is 12.1. The molecule has 84 valence electrons. The summed E-state index contributed by atoms with van der Waals surface area (Å²) in [5, 5.41) is 17.5. The second-order valence-electron chi connectivity index (χ2n) is 2.93. The van der Waals surface area contributed by atoms with Crippen LogP contribution in [0.1, 0.15) is 11.1 Å². The van der Waals surface area contributed by atoms with Gasteiger partial charge in [0.2, 0.25) is 0 Å². The molecule has 0 spiro atoms. The van der Waals surface area contributed by atoms with Gasteiger partial charge in [-0.05, 0) is 24.1 Å². The van der Waals surface area contributed by atoms with E-state index in [1.165, 1.54) is 0 Å². The molecule has 2 nitrogen and oxygen atoms in total. The van der Waals surface area contributed by atoms with Gasteiger partial charge in [-0.3, -0.25) is 0 Å². The van der Waals surface area contributed by atoms with E-state index in [0.29, 0.717) is 6.07 Å². The molecule has 0 saturated carbocycles. The molecule has 0 atom stereocenters. The number of benzene rings is 1. The number of phenolic OH excluding ortho intramolecular Hbond substituents is 1. The van der Waals surface area contributed by atoms with Gasteiger partial charge in [-0.2, -0.15) is 13.2 Å². The van der Waals surface area contributed by atoms with Crippen molar-refractivity contribution in [2.24, 2.45) is 0 Å². The Morgan fingerprint density at radius 3 is 2.33 bits per heavy atom. The van der Waals surface area contributed by atoms with Crippen molar-refractivity contribution in [1.82, 2.24) is 0 Å². The lowest BCUT2D eigenvalue weighted by Crippen LogP contribution is -2.10. The highest BCUT2D eigenvalue weighted by Gasteiger charge is 2.34. The summed E-state index contributed by atoms with van der Waals surface area (Å²) in [5.41, 5.74) is -1.11. The standard InChI is InChI=1S/C9H8ClF3O2/c10-7-3-5(1-2-14)6(4-8(7)15)9(11,12)13/h3-4,14-15H,1-2H2. The fourth-order valence-electron chi connectivity index (χ4n) is 1.19. The minimum Gasteiger partial charge on any atom is -0.506 e. The molecule has 0 aliphatic heterocycles. The zero-order valence-electron chi connectivity index (χ0n) is 7.48. The summed E-state index contributed by atoms with van der Waals surface area (Å²) in [5.74, 6) is -0.620. The van der Waals surface area contributed by atoms with Crippen LogP contribution in [0.2, 0.25) is 5.02 Å². The van der Waals surface area contributed by atoms with Crippen molar-refractivity contribution < 1.29 is 23.4 Å². The van der Waals surface area contributed by atoms with E-state index in [1.807, 2.05) is 0 Å². The fourth-order valence-corrected chi connectivity index (χ4v) is 1.38. The van der Waals surface area contributed by atoms with Crippen LogP contribution in [-0.2, 0) is 12.6 Å². The number of aliphatic hydroxyl groups is 1. The molecule has 0 bridgehead atoms. The third kappa shape index (κ3) is 2.76. The lowest BCUT2D eigenvalue weighted by atomic mass is 10.0. The maximum absolute atomic E-state index is 12.4. The molecule has 1 aromatic rings. The molecular formula is C9H8ClF3O2. The average Bonchev–Trinajstić information content (AvgIpc) is 2.09. The second kappa shape index (κ2) is 4.28. The number of aromatic hydroxyl groups is 1. The average molecular weight is 241 g/mol. The maximum Gasteiger partial charge on any atom is 0.416 e. The van der Waals surface area contributed by atoms with Crippen LogP contribution in [0.15, 0.2) is 12.1 Å². The van der Waals surface area contributed by atoms with Crippen molar-refractivity contribution in [2.75, 3.05) is 6.61 Å². The Bertz CT molecular complexity index is 363. The molecule has 0 aromatic heterocycles. The molecule has 0 saturated heterocycles. The molecule has 0 amide bonds. The minimum absolute atomic E-state index is 0.132. The monoisotopic (exact) mass is 240 g/mol. The molecule has 6 heteroatoms. The first-order valence-corrected chi connectivity index (χ1v) is 4.43. The Balaban J connectivity index is 3.28. The number of rotatable bonds is 2. The number of aliphatic hydroxyl groups excluding tert-OH is 1. The smallest absolute Gasteiger partial charge is 0.416 e. The molecule has 0 radical (unpaired) electrons. The molecule has 0 aliphatic carbocycles. The summed E-state index contributed by atoms with van der Waals surface area (Å²) >= 11 is 5.47. The van der Waals surface area contributed by atoms with E-state index in [1.54, 1.807) is 0 Å². The lowest BCUT2D eigenvalue weighted by molar-refractivity contribution is -0.138. The quantitative estimate of drug-likeness (QED) is 0.834. The summed E-state index contributed by atoms with van der Waals surface area (Å²) in [7, 11) is 0. The third-order valence-electron chi connectivity index (χ3n) is 1.86. The summed E-state index contributed by atoms with van der Waals surface area (Å²) in [6.45, 7) is -0.413. The van der Waals surface area contributed by atoms with Gasteiger partial charge in [0.15, 0.2) is 0 Å². The Labute approximate surface area is 88.9 Å². The third-order valence-corrected chi connectivity index (χ3v) is 2.16. The zero-order chi connectivity index (χ0) is 11.6. The number of hydrogen-bond acceptors (Lipinski definition) is 2. The highest BCUT2D eigenvalue weighted by Crippen LogP contribution is 2.37. The van der Waals surface area contributed by atoms with Gasteiger partial charge in [0, 0.05) is 6.61 Å². The van der Waals surface area contributed by atoms with Crippen LogP contribution >= 0.6 is 11.6 Å². The van der Waals surface area contributed by atoms with E-state index in [4.69, 9.17) is 21.8 Å². The normalized spacial score (nSPS) is 11.8. The predicted molar refractivity (Wildman–Crippen MR) is 48.9 cm³/mol. The largest absolute Gasteiger partial charge is 0.506 e. The van der Waals surface area contributed by atoms with Crippen LogP contribution in [0.4, 0.5) is 13.2 Å². The van der Waals surface area contributed by atoms with Crippen LogP contribution in [0.3, 0.4) is 0 Å². The summed E-state index contributed by atoms with van der Waals surface area (Å²) in [6, 6.07) is 1.57. The van der Waals surface area contributed by atoms with Gasteiger partial charge in [-0.1, -0.05) is 11.6 Å². The summed E-state index contributed by atoms with van der Waals surface area (Å²) in [4.78, 5) is 0. The fraction of sp³-hybridized carbons (Fsp3) is 0.333. The number of hydrogen-bond donors (Lipinski definition) is 2. The molecule has 1 aromatic carbocycles. The molecule has 2 N–H and O–H groups in total. The van der Waals surface area contributed by atoms with Crippen LogP contribution < -0.4 is 0 Å². The Morgan fingerprint density at radius 2 is 1.87 bits per heavy atom. The van der Waals surface area contributed by atoms with Crippen LogP contribution in [0, 0.1) is 0 Å². The molecular weight excluding hydrogens is 233 g/mol. The summed E-state index contributed by atoms with van der Waals surface area (Å²) < 4.78 is 37.3. The molecule has 0 heterocycles. The van der Waals surface area contributed by atoms with Crippen molar-refractivity contribution >= 4 is 11.6 Å². The van der Waals surface area contributed by atoms with E-state index in [2.05, 4.69) is 0 Å². The number of phenols is 1. The topological polar surface area (TPSA) is 40.5 Å². The van der Waals surface area contributed by atoms with Crippen molar-refractivity contribution in [3.63, 3.8) is 0 Å². The van der Waals surface area contributed by atoms with Crippen molar-refractivity contribution in [3.05, 3.63) is 28.3 Å². The zero-order valence-corrected chi connectivity index (χ0v) is 8.23. The van der Waals surface area contributed by atoms with Crippen molar-refractivity contribution in [3.8, 4) is 5.75 Å². The molecule has 1 rings (SSSR count). The molecule has 0 fully saturated rings. The minimum atomic E-state index is -4.56. The Kier molecular flexibility index (Phi) is 3.46. The number of alkyl halides is 3. The highest BCUT2D eigenvalue weighted by atomic mass is 35.5. The van der Waals surface area contributed by atoms with E-state index in [-0.39, 0.29) is 17.0 Å². The van der Waals surface area contributed by atoms with E-state index >= 15 is 0 Å². The lowest BCUT2D eigenvalue weighted by Gasteiger charge is -2.13. The second-order valence-corrected chi connectivity index (χ2v) is 3.34. The molecule has 15 heavy (non-hydrogen) atoms. The van der Waals surface area contributed by atoms with Crippen LogP contribution in [0.25, 0.3) is 0 Å². The van der Waals surface area contributed by atoms with Gasteiger partial charge in [0.1, 0.15) is 5.75 Å². The SMILES string of the molecule is OCCc1cc(Cl)c(O)cc1C(F)(F)F. The van der Waals surface area contributed by atoms with Crippen molar-refractivity contribution in [1.29, 1.82) is 0 Å². The van der Waals surface area contributed by atoms with Gasteiger partial charge in [0.05, 0.1) is 10.6 Å². The number of halogens is 4. The molecule has 0 unspecified atom stereocenters. The van der Waals surface area contributed by atoms with E-state index in [9.17, 15) is 13.2 Å². The summed E-state index contributed by atoms with van der Waals surface area (Å²) in [6.07, 6.45) is -4.72. The van der Waals surface area contributed by atoms with E-state index in [0.717, 1.165) is 6.07 Å². The predicted octanol–water partition coefficient (Wildman–Crippen LogP) is 2.60. The first-order valence-electron chi connectivity index (χ1n) is 4.05. The van der Waals surface area contributed by atoms with Gasteiger partial charge >= 0.3 is 6.18 Å². The molecule has 0 aliphatic rings. The van der Waals surface area contributed by atoms with Gasteiger partial charge < -0.3 is 10.2 Å². The highest BCUT2D eigenvalue weighted by molar-refractivity contribution is 6.32. The van der Waals surface area contributed by atoms with Gasteiger partial charge in [-0.25, -0.2) is 0 Å². The maximum atomic E-state index is 12.4. The van der Waals surface area contributed by atoms with Crippen LogP contribution in [0.5, 0.6) is 5.75 Å². The Morgan fingerprint density at radius 1 is 1.27 bits per heavy atom. The van der Waals surface area contributed by atoms with Crippen LogP contribution in [-0.4, -0.2) is 16.8 Å². The van der Waals surface area contributed by atoms with E-state index < -0.39 is 24.1 Å². The van der Waals surface area contributed by atoms with Gasteiger partial charge in [0.25, 0.3) is 0 Å². The first-order chi connectivity index (χ1) is 6.86.